The number of aryl methyl sites for hydroxylation is 3. The molecule has 1 amide bonds. The maximum atomic E-state index is 14.5. The van der Waals surface area contributed by atoms with Gasteiger partial charge in [0.05, 0.1) is 24.9 Å². The van der Waals surface area contributed by atoms with Crippen molar-refractivity contribution in [2.75, 3.05) is 25.5 Å². The third kappa shape index (κ3) is 5.58. The van der Waals surface area contributed by atoms with E-state index in [4.69, 9.17) is 4.74 Å². The second-order valence-electron chi connectivity index (χ2n) is 9.48. The number of anilines is 1. The molecule has 4 heterocycles. The van der Waals surface area contributed by atoms with E-state index >= 15 is 0 Å². The molecule has 0 aliphatic carbocycles. The molecule has 1 aliphatic rings. The van der Waals surface area contributed by atoms with Crippen molar-refractivity contribution in [2.45, 2.75) is 58.4 Å². The molecule has 0 radical (unpaired) electrons. The monoisotopic (exact) mass is 531 g/mol. The molecule has 0 saturated carbocycles. The van der Waals surface area contributed by atoms with Crippen LogP contribution in [0.15, 0.2) is 18.3 Å². The number of carbonyl (C=O) groups is 1. The summed E-state index contributed by atoms with van der Waals surface area (Å²) >= 11 is 0. The Balaban J connectivity index is 1.51. The Morgan fingerprint density at radius 2 is 2.08 bits per heavy atom. The van der Waals surface area contributed by atoms with Crippen molar-refractivity contribution in [3.63, 3.8) is 0 Å². The zero-order valence-corrected chi connectivity index (χ0v) is 22.1. The number of hydrogen-bond donors (Lipinski definition) is 1. The van der Waals surface area contributed by atoms with Gasteiger partial charge in [-0.25, -0.2) is 32.8 Å². The molecule has 3 aromatic rings. The number of fused-ring (bicyclic) bond motifs is 1. The highest BCUT2D eigenvalue weighted by molar-refractivity contribution is 5.83. The summed E-state index contributed by atoms with van der Waals surface area (Å²) in [5.74, 6) is -0.674. The third-order valence-electron chi connectivity index (χ3n) is 6.78. The summed E-state index contributed by atoms with van der Waals surface area (Å²) in [5.41, 5.74) is 2.40. The minimum atomic E-state index is -2.72. The summed E-state index contributed by atoms with van der Waals surface area (Å²) in [7, 11) is 2.88. The number of nitrogens with one attached hydrogen (secondary N) is 1. The van der Waals surface area contributed by atoms with Crippen LogP contribution >= 0.6 is 0 Å². The fourth-order valence-corrected chi connectivity index (χ4v) is 4.73. The van der Waals surface area contributed by atoms with Crippen molar-refractivity contribution in [2.24, 2.45) is 7.05 Å². The van der Waals surface area contributed by atoms with Gasteiger partial charge in [-0.2, -0.15) is 5.10 Å². The smallest absolute Gasteiger partial charge is 0.297 e. The number of aromatic nitrogens is 5. The number of carbonyl (C=O) groups excluding carboxylic acids is 1. The zero-order chi connectivity index (χ0) is 27.6. The highest BCUT2D eigenvalue weighted by Crippen LogP contribution is 2.31. The van der Waals surface area contributed by atoms with Gasteiger partial charge in [0.1, 0.15) is 11.6 Å². The van der Waals surface area contributed by atoms with Gasteiger partial charge in [-0.3, -0.25) is 4.79 Å². The Kier molecular flexibility index (Phi) is 8.17. The van der Waals surface area contributed by atoms with Crippen molar-refractivity contribution in [3.05, 3.63) is 46.8 Å². The summed E-state index contributed by atoms with van der Waals surface area (Å²) in [6.07, 6.45) is 0.514. The lowest BCUT2D eigenvalue weighted by molar-refractivity contribution is -0.132. The highest BCUT2D eigenvalue weighted by Gasteiger charge is 2.29. The molecule has 0 fully saturated rings. The van der Waals surface area contributed by atoms with Gasteiger partial charge in [-0.1, -0.05) is 6.92 Å². The molecule has 4 rings (SSSR count). The predicted octanol–water partition coefficient (Wildman–Crippen LogP) is 4.43. The summed E-state index contributed by atoms with van der Waals surface area (Å²) in [5, 5.41) is 7.58. The highest BCUT2D eigenvalue weighted by atomic mass is 19.3. The quantitative estimate of drug-likeness (QED) is 0.436. The summed E-state index contributed by atoms with van der Waals surface area (Å²) in [6.45, 7) is 6.42. The minimum absolute atomic E-state index is 0.0572. The predicted molar refractivity (Wildman–Crippen MR) is 136 cm³/mol. The number of alkyl halides is 2. The molecule has 3 aromatic heterocycles. The zero-order valence-electron chi connectivity index (χ0n) is 22.1. The van der Waals surface area contributed by atoms with Crippen LogP contribution in [0, 0.1) is 12.7 Å². The van der Waals surface area contributed by atoms with Crippen LogP contribution in [0.25, 0.3) is 11.4 Å². The first-order chi connectivity index (χ1) is 18.1. The molecule has 1 N–H and O–H groups in total. The summed E-state index contributed by atoms with van der Waals surface area (Å²) in [6, 6.07) is 3.29. The van der Waals surface area contributed by atoms with E-state index in [9.17, 15) is 18.0 Å². The Bertz CT molecular complexity index is 1310. The van der Waals surface area contributed by atoms with E-state index in [1.54, 1.807) is 18.7 Å². The fourth-order valence-electron chi connectivity index (χ4n) is 4.73. The molecule has 1 aliphatic heterocycles. The molecule has 0 bridgehead atoms. The lowest BCUT2D eigenvalue weighted by Gasteiger charge is -2.33. The number of ether oxygens (including phenoxy) is 1. The van der Waals surface area contributed by atoms with E-state index in [0.717, 1.165) is 29.3 Å². The van der Waals surface area contributed by atoms with Crippen LogP contribution in [0.5, 0.6) is 5.88 Å². The SMILES string of the molecule is CCCN(C[C@H]1CCc2cc(-c3nc(C(F)F)n(C)n3)c(C)nc2N1)C(=O)[C@H](C)c1cc(OC)ncc1F. The van der Waals surface area contributed by atoms with Crippen LogP contribution in [0.3, 0.4) is 0 Å². The van der Waals surface area contributed by atoms with Crippen LogP contribution in [-0.4, -0.2) is 61.8 Å². The number of amides is 1. The van der Waals surface area contributed by atoms with E-state index in [-0.39, 0.29) is 29.2 Å². The second kappa shape index (κ2) is 11.4. The van der Waals surface area contributed by atoms with E-state index in [0.29, 0.717) is 36.6 Å². The fraction of sp³-hybridized carbons (Fsp3) is 0.500. The second-order valence-corrected chi connectivity index (χ2v) is 9.48. The summed E-state index contributed by atoms with van der Waals surface area (Å²) in [4.78, 5) is 27.7. The molecule has 2 atom stereocenters. The first-order valence-electron chi connectivity index (χ1n) is 12.6. The van der Waals surface area contributed by atoms with Crippen molar-refractivity contribution in [1.29, 1.82) is 0 Å². The van der Waals surface area contributed by atoms with Gasteiger partial charge in [0, 0.05) is 43.4 Å². The Labute approximate surface area is 219 Å². The molecule has 38 heavy (non-hydrogen) atoms. The van der Waals surface area contributed by atoms with Gasteiger partial charge < -0.3 is 15.0 Å². The van der Waals surface area contributed by atoms with E-state index in [1.165, 1.54) is 20.2 Å². The minimum Gasteiger partial charge on any atom is -0.481 e. The number of methoxy groups -OCH3 is 1. The molecule has 0 aromatic carbocycles. The van der Waals surface area contributed by atoms with Gasteiger partial charge >= 0.3 is 0 Å². The topological polar surface area (TPSA) is 98.1 Å². The van der Waals surface area contributed by atoms with Gasteiger partial charge in [0.2, 0.25) is 11.8 Å². The van der Waals surface area contributed by atoms with Crippen molar-refractivity contribution < 1.29 is 22.7 Å². The molecule has 0 spiro atoms. The maximum Gasteiger partial charge on any atom is 0.297 e. The largest absolute Gasteiger partial charge is 0.481 e. The molecule has 204 valence electrons. The average Bonchev–Trinajstić information content (AvgIpc) is 3.29. The molecule has 0 saturated heterocycles. The Hall–Kier alpha value is -3.70. The van der Waals surface area contributed by atoms with Crippen molar-refractivity contribution in [3.8, 4) is 17.3 Å². The Morgan fingerprint density at radius 3 is 2.74 bits per heavy atom. The van der Waals surface area contributed by atoms with Crippen LogP contribution < -0.4 is 10.1 Å². The number of rotatable bonds is 9. The summed E-state index contributed by atoms with van der Waals surface area (Å²) < 4.78 is 47.0. The molecule has 9 nitrogen and oxygen atoms in total. The van der Waals surface area contributed by atoms with Gasteiger partial charge in [0.25, 0.3) is 6.43 Å². The van der Waals surface area contributed by atoms with E-state index in [1.807, 2.05) is 13.0 Å². The van der Waals surface area contributed by atoms with Crippen LogP contribution in [0.2, 0.25) is 0 Å². The average molecular weight is 532 g/mol. The van der Waals surface area contributed by atoms with Crippen LogP contribution in [-0.2, 0) is 18.3 Å². The third-order valence-corrected chi connectivity index (χ3v) is 6.78. The first-order valence-corrected chi connectivity index (χ1v) is 12.6. The standard InChI is InChI=1S/C26H32F3N7O2/c1-6-9-36(26(37)14(2)18-11-21(38-5)30-12-20(18)27)13-17-8-7-16-10-19(15(3)31-23(16)32-17)24-33-25(22(28)29)35(4)34-24/h10-12,14,17,22H,6-9,13H2,1-5H3,(H,31,32)/t14-,17-/m1/s1. The lowest BCUT2D eigenvalue weighted by Crippen LogP contribution is -2.44. The van der Waals surface area contributed by atoms with Crippen molar-refractivity contribution in [1.82, 2.24) is 29.6 Å². The van der Waals surface area contributed by atoms with E-state index < -0.39 is 24.0 Å². The number of halogens is 3. The number of hydrogen-bond acceptors (Lipinski definition) is 7. The Morgan fingerprint density at radius 1 is 1.32 bits per heavy atom. The van der Waals surface area contributed by atoms with Crippen LogP contribution in [0.1, 0.15) is 61.7 Å². The molecular formula is C26H32F3N7O2. The maximum absolute atomic E-state index is 14.5. The normalized spacial score (nSPS) is 15.7. The van der Waals surface area contributed by atoms with Gasteiger partial charge in [-0.05, 0) is 44.7 Å². The van der Waals surface area contributed by atoms with Gasteiger partial charge in [0.15, 0.2) is 11.6 Å². The van der Waals surface area contributed by atoms with E-state index in [2.05, 4.69) is 25.4 Å². The first kappa shape index (κ1) is 27.3. The molecule has 12 heteroatoms. The number of nitrogens with zero attached hydrogens (tertiary/aromatic N) is 6. The molecule has 0 unspecified atom stereocenters. The lowest BCUT2D eigenvalue weighted by atomic mass is 9.96. The van der Waals surface area contributed by atoms with Crippen LogP contribution in [0.4, 0.5) is 19.0 Å². The van der Waals surface area contributed by atoms with Gasteiger partial charge in [-0.15, -0.1) is 0 Å². The van der Waals surface area contributed by atoms with Crippen molar-refractivity contribution >= 4 is 11.7 Å². The molecular weight excluding hydrogens is 499 g/mol. The number of pyridine rings is 2.